The van der Waals surface area contributed by atoms with E-state index in [9.17, 15) is 9.18 Å². The van der Waals surface area contributed by atoms with Gasteiger partial charge in [-0.05, 0) is 41.2 Å². The zero-order valence-electron chi connectivity index (χ0n) is 13.3. The van der Waals surface area contributed by atoms with Crippen LogP contribution in [0.3, 0.4) is 0 Å². The van der Waals surface area contributed by atoms with Crippen LogP contribution in [0.15, 0.2) is 48.5 Å². The molecule has 1 aliphatic rings. The first-order valence-corrected chi connectivity index (χ1v) is 7.84. The smallest absolute Gasteiger partial charge is 0.408 e. The molecule has 0 spiro atoms. The minimum absolute atomic E-state index is 0.155. The summed E-state index contributed by atoms with van der Waals surface area (Å²) in [6.07, 6.45) is -0.150. The summed E-state index contributed by atoms with van der Waals surface area (Å²) in [5.74, 6) is 0.192. The molecule has 2 aromatic carbocycles. The van der Waals surface area contributed by atoms with Crippen molar-refractivity contribution >= 4 is 6.09 Å². The number of rotatable bonds is 4. The predicted molar refractivity (Wildman–Crippen MR) is 86.8 cm³/mol. The van der Waals surface area contributed by atoms with Crippen molar-refractivity contribution < 1.29 is 13.9 Å². The molecule has 23 heavy (non-hydrogen) atoms. The average molecular weight is 313 g/mol. The van der Waals surface area contributed by atoms with Crippen molar-refractivity contribution in [3.63, 3.8) is 0 Å². The summed E-state index contributed by atoms with van der Waals surface area (Å²) in [4.78, 5) is 11.6. The number of carbonyl (C=O) groups excluding carboxylic acids is 1. The monoisotopic (exact) mass is 313 g/mol. The molecule has 2 atom stereocenters. The van der Waals surface area contributed by atoms with Gasteiger partial charge in [-0.1, -0.05) is 50.2 Å². The van der Waals surface area contributed by atoms with E-state index in [0.29, 0.717) is 12.3 Å². The van der Waals surface area contributed by atoms with Gasteiger partial charge in [-0.15, -0.1) is 0 Å². The van der Waals surface area contributed by atoms with E-state index in [2.05, 4.69) is 43.4 Å². The average Bonchev–Trinajstić information content (AvgIpc) is 2.89. The van der Waals surface area contributed by atoms with Crippen molar-refractivity contribution in [3.05, 3.63) is 71.0 Å². The molecule has 0 aromatic heterocycles. The van der Waals surface area contributed by atoms with Gasteiger partial charge in [-0.25, -0.2) is 9.18 Å². The molecule has 1 amide bonds. The Hall–Kier alpha value is -2.36. The molecule has 1 N–H and O–H groups in total. The maximum Gasteiger partial charge on any atom is 0.408 e. The number of hydrogen-bond acceptors (Lipinski definition) is 2. The van der Waals surface area contributed by atoms with E-state index in [1.807, 2.05) is 0 Å². The Morgan fingerprint density at radius 3 is 2.35 bits per heavy atom. The molecule has 3 nitrogen and oxygen atoms in total. The number of halogens is 1. The highest BCUT2D eigenvalue weighted by atomic mass is 19.1. The van der Waals surface area contributed by atoms with E-state index in [1.165, 1.54) is 17.7 Å². The van der Waals surface area contributed by atoms with Crippen molar-refractivity contribution in [2.45, 2.75) is 38.3 Å². The number of carbonyl (C=O) groups is 1. The third-order valence-electron chi connectivity index (χ3n) is 4.20. The Labute approximate surface area is 135 Å². The van der Waals surface area contributed by atoms with Crippen LogP contribution in [0.1, 0.15) is 42.6 Å². The van der Waals surface area contributed by atoms with Gasteiger partial charge in [0.1, 0.15) is 11.9 Å². The molecule has 1 saturated heterocycles. The summed E-state index contributed by atoms with van der Waals surface area (Å²) in [5.41, 5.74) is 3.22. The Kier molecular flexibility index (Phi) is 4.33. The molecule has 2 unspecified atom stereocenters. The number of alkyl carbamates (subject to hydrolysis) is 1. The van der Waals surface area contributed by atoms with Gasteiger partial charge in [0.05, 0.1) is 6.04 Å². The largest absolute Gasteiger partial charge is 0.439 e. The standard InChI is InChI=1S/C19H20FNO2/c1-12(2)14-5-3-13(4-6-14)11-17-18(23-19(22)21-17)15-7-9-16(20)10-8-15/h3-10,12,17-18H,11H2,1-2H3,(H,21,22). The van der Waals surface area contributed by atoms with E-state index >= 15 is 0 Å². The number of ether oxygens (including phenoxy) is 1. The molecule has 2 aromatic rings. The summed E-state index contributed by atoms with van der Waals surface area (Å²) in [5, 5.41) is 2.85. The van der Waals surface area contributed by atoms with E-state index in [1.54, 1.807) is 12.1 Å². The highest BCUT2D eigenvalue weighted by Crippen LogP contribution is 2.29. The molecular formula is C19H20FNO2. The second-order valence-corrected chi connectivity index (χ2v) is 6.23. The van der Waals surface area contributed by atoms with Crippen LogP contribution in [0.4, 0.5) is 9.18 Å². The molecule has 0 bridgehead atoms. The number of cyclic esters (lactones) is 1. The summed E-state index contributed by atoms with van der Waals surface area (Å²) >= 11 is 0. The normalized spacial score (nSPS) is 20.4. The lowest BCUT2D eigenvalue weighted by Gasteiger charge is -2.17. The third kappa shape index (κ3) is 3.52. The lowest BCUT2D eigenvalue weighted by molar-refractivity contribution is 0.132. The SMILES string of the molecule is CC(C)c1ccc(CC2NC(=O)OC2c2ccc(F)cc2)cc1. The van der Waals surface area contributed by atoms with E-state index in [0.717, 1.165) is 11.1 Å². The topological polar surface area (TPSA) is 38.3 Å². The Balaban J connectivity index is 1.77. The number of amides is 1. The first-order valence-electron chi connectivity index (χ1n) is 7.84. The molecular weight excluding hydrogens is 293 g/mol. The second kappa shape index (κ2) is 6.41. The molecule has 1 aliphatic heterocycles. The van der Waals surface area contributed by atoms with Gasteiger partial charge < -0.3 is 10.1 Å². The fourth-order valence-electron chi connectivity index (χ4n) is 2.86. The van der Waals surface area contributed by atoms with Crippen LogP contribution >= 0.6 is 0 Å². The minimum atomic E-state index is -0.428. The quantitative estimate of drug-likeness (QED) is 0.912. The predicted octanol–water partition coefficient (Wildman–Crippen LogP) is 4.34. The molecule has 120 valence electrons. The summed E-state index contributed by atoms with van der Waals surface area (Å²) in [7, 11) is 0. The van der Waals surface area contributed by atoms with Crippen LogP contribution < -0.4 is 5.32 Å². The Morgan fingerprint density at radius 1 is 1.09 bits per heavy atom. The molecule has 1 fully saturated rings. The molecule has 4 heteroatoms. The van der Waals surface area contributed by atoms with Crippen LogP contribution in [0.5, 0.6) is 0 Å². The van der Waals surface area contributed by atoms with Crippen molar-refractivity contribution in [2.24, 2.45) is 0 Å². The maximum atomic E-state index is 13.1. The fraction of sp³-hybridized carbons (Fsp3) is 0.316. The van der Waals surface area contributed by atoms with Crippen LogP contribution in [0, 0.1) is 5.82 Å². The summed E-state index contributed by atoms with van der Waals surface area (Å²) < 4.78 is 18.4. The zero-order valence-corrected chi connectivity index (χ0v) is 13.3. The third-order valence-corrected chi connectivity index (χ3v) is 4.20. The first kappa shape index (κ1) is 15.5. The van der Waals surface area contributed by atoms with Crippen molar-refractivity contribution in [2.75, 3.05) is 0 Å². The van der Waals surface area contributed by atoms with Gasteiger partial charge in [-0.3, -0.25) is 0 Å². The van der Waals surface area contributed by atoms with Gasteiger partial charge in [0.2, 0.25) is 0 Å². The molecule has 3 rings (SSSR count). The van der Waals surface area contributed by atoms with E-state index in [4.69, 9.17) is 4.74 Å². The highest BCUT2D eigenvalue weighted by molar-refractivity contribution is 5.70. The van der Waals surface area contributed by atoms with Gasteiger partial charge in [0, 0.05) is 0 Å². The van der Waals surface area contributed by atoms with Gasteiger partial charge >= 0.3 is 6.09 Å². The fourth-order valence-corrected chi connectivity index (χ4v) is 2.86. The van der Waals surface area contributed by atoms with E-state index in [-0.39, 0.29) is 11.9 Å². The molecule has 0 aliphatic carbocycles. The summed E-state index contributed by atoms with van der Waals surface area (Å²) in [6, 6.07) is 14.3. The number of nitrogens with one attached hydrogen (secondary N) is 1. The number of benzene rings is 2. The van der Waals surface area contributed by atoms with Crippen LogP contribution in [0.25, 0.3) is 0 Å². The molecule has 0 radical (unpaired) electrons. The van der Waals surface area contributed by atoms with Crippen molar-refractivity contribution in [1.82, 2.24) is 5.32 Å². The Bertz CT molecular complexity index is 680. The van der Waals surface area contributed by atoms with Crippen molar-refractivity contribution in [1.29, 1.82) is 0 Å². The van der Waals surface area contributed by atoms with Crippen LogP contribution in [-0.4, -0.2) is 12.1 Å². The van der Waals surface area contributed by atoms with Crippen LogP contribution in [-0.2, 0) is 11.2 Å². The van der Waals surface area contributed by atoms with Gasteiger partial charge in [-0.2, -0.15) is 0 Å². The molecule has 1 heterocycles. The minimum Gasteiger partial charge on any atom is -0.439 e. The maximum absolute atomic E-state index is 13.1. The first-order chi connectivity index (χ1) is 11.0. The van der Waals surface area contributed by atoms with Crippen LogP contribution in [0.2, 0.25) is 0 Å². The highest BCUT2D eigenvalue weighted by Gasteiger charge is 2.35. The van der Waals surface area contributed by atoms with Crippen molar-refractivity contribution in [3.8, 4) is 0 Å². The van der Waals surface area contributed by atoms with E-state index < -0.39 is 12.2 Å². The zero-order chi connectivity index (χ0) is 16.4. The lowest BCUT2D eigenvalue weighted by Crippen LogP contribution is -2.30. The Morgan fingerprint density at radius 2 is 1.74 bits per heavy atom. The lowest BCUT2D eigenvalue weighted by atomic mass is 9.95. The molecule has 0 saturated carbocycles. The van der Waals surface area contributed by atoms with Gasteiger partial charge in [0.15, 0.2) is 0 Å². The number of hydrogen-bond donors (Lipinski definition) is 1. The van der Waals surface area contributed by atoms with Gasteiger partial charge in [0.25, 0.3) is 0 Å². The summed E-state index contributed by atoms with van der Waals surface area (Å²) in [6.45, 7) is 4.31. The second-order valence-electron chi connectivity index (χ2n) is 6.23.